The van der Waals surface area contributed by atoms with Crippen molar-refractivity contribution in [2.24, 2.45) is 0 Å². The summed E-state index contributed by atoms with van der Waals surface area (Å²) in [5, 5.41) is 12.2. The van der Waals surface area contributed by atoms with Gasteiger partial charge in [-0.05, 0) is 26.0 Å². The fourth-order valence-electron chi connectivity index (χ4n) is 1.39. The molecular weight excluding hydrogens is 234 g/mol. The summed E-state index contributed by atoms with van der Waals surface area (Å²) in [6.07, 6.45) is -1.36. The van der Waals surface area contributed by atoms with Crippen molar-refractivity contribution in [3.63, 3.8) is 0 Å². The second kappa shape index (κ2) is 6.76. The summed E-state index contributed by atoms with van der Waals surface area (Å²) in [5.74, 6) is -1.08. The van der Waals surface area contributed by atoms with Crippen LogP contribution in [0.4, 0.5) is 0 Å². The highest BCUT2D eigenvalue weighted by Crippen LogP contribution is 2.01. The maximum absolute atomic E-state index is 11.8. The number of carbonyl (C=O) groups excluding carboxylic acids is 2. The van der Waals surface area contributed by atoms with Crippen molar-refractivity contribution in [1.29, 1.82) is 0 Å². The molecule has 2 atom stereocenters. The van der Waals surface area contributed by atoms with Crippen LogP contribution in [-0.4, -0.2) is 35.7 Å². The van der Waals surface area contributed by atoms with Crippen molar-refractivity contribution in [2.75, 3.05) is 6.61 Å². The number of benzene rings is 1. The molecule has 0 aliphatic carbocycles. The molecule has 0 saturated carbocycles. The zero-order valence-corrected chi connectivity index (χ0v) is 10.4. The largest absolute Gasteiger partial charge is 0.464 e. The van der Waals surface area contributed by atoms with Gasteiger partial charge in [0.25, 0.3) is 5.91 Å². The van der Waals surface area contributed by atoms with Crippen LogP contribution in [0.25, 0.3) is 0 Å². The molecule has 1 rings (SSSR count). The Bertz CT molecular complexity index is 405. The summed E-state index contributed by atoms with van der Waals surface area (Å²) in [6.45, 7) is 3.38. The van der Waals surface area contributed by atoms with Crippen LogP contribution in [-0.2, 0) is 9.53 Å². The molecule has 0 aliphatic rings. The molecular formula is C13H17NO4. The molecule has 0 bridgehead atoms. The van der Waals surface area contributed by atoms with E-state index >= 15 is 0 Å². The second-order valence-corrected chi connectivity index (χ2v) is 3.83. The molecule has 0 spiro atoms. The molecule has 0 aliphatic heterocycles. The van der Waals surface area contributed by atoms with Gasteiger partial charge in [-0.2, -0.15) is 0 Å². The van der Waals surface area contributed by atoms with Gasteiger partial charge >= 0.3 is 5.97 Å². The van der Waals surface area contributed by atoms with E-state index < -0.39 is 18.1 Å². The smallest absolute Gasteiger partial charge is 0.337 e. The van der Waals surface area contributed by atoms with Crippen molar-refractivity contribution in [3.05, 3.63) is 35.9 Å². The molecule has 2 unspecified atom stereocenters. The number of rotatable bonds is 5. The normalized spacial score (nSPS) is 13.5. The summed E-state index contributed by atoms with van der Waals surface area (Å²) in [6, 6.07) is 7.87. The average Bonchev–Trinajstić information content (AvgIpc) is 2.39. The molecule has 1 aromatic rings. The van der Waals surface area contributed by atoms with Crippen molar-refractivity contribution < 1.29 is 19.4 Å². The van der Waals surface area contributed by atoms with E-state index in [2.05, 4.69) is 10.1 Å². The Kier molecular flexibility index (Phi) is 5.32. The first kappa shape index (κ1) is 14.2. The third-order valence-electron chi connectivity index (χ3n) is 2.40. The topological polar surface area (TPSA) is 75.6 Å². The van der Waals surface area contributed by atoms with E-state index in [9.17, 15) is 14.7 Å². The Morgan fingerprint density at radius 3 is 2.50 bits per heavy atom. The van der Waals surface area contributed by atoms with Gasteiger partial charge in [0, 0.05) is 5.56 Å². The number of aliphatic hydroxyl groups excluding tert-OH is 1. The molecule has 98 valence electrons. The first-order valence-corrected chi connectivity index (χ1v) is 5.77. The molecule has 0 heterocycles. The number of nitrogens with one attached hydrogen (secondary N) is 1. The number of amides is 1. The standard InChI is InChI=1S/C13H17NO4/c1-3-18-13(17)11(15)9(2)14-12(16)10-7-5-4-6-8-10/h4-9,11,15H,3H2,1-2H3,(H,14,16). The lowest BCUT2D eigenvalue weighted by Gasteiger charge is -2.18. The third-order valence-corrected chi connectivity index (χ3v) is 2.40. The number of esters is 1. The molecule has 0 radical (unpaired) electrons. The van der Waals surface area contributed by atoms with Gasteiger partial charge in [-0.25, -0.2) is 4.79 Å². The lowest BCUT2D eigenvalue weighted by molar-refractivity contribution is -0.154. The molecule has 2 N–H and O–H groups in total. The van der Waals surface area contributed by atoms with Crippen LogP contribution in [0.1, 0.15) is 24.2 Å². The van der Waals surface area contributed by atoms with Crippen LogP contribution in [0, 0.1) is 0 Å². The van der Waals surface area contributed by atoms with E-state index in [0.717, 1.165) is 0 Å². The second-order valence-electron chi connectivity index (χ2n) is 3.83. The van der Waals surface area contributed by atoms with Gasteiger partial charge in [0.2, 0.25) is 0 Å². The Morgan fingerprint density at radius 1 is 1.33 bits per heavy atom. The van der Waals surface area contributed by atoms with Gasteiger partial charge in [0.1, 0.15) is 0 Å². The predicted molar refractivity (Wildman–Crippen MR) is 66.0 cm³/mol. The van der Waals surface area contributed by atoms with E-state index in [-0.39, 0.29) is 12.5 Å². The highest BCUT2D eigenvalue weighted by molar-refractivity contribution is 5.94. The number of aliphatic hydroxyl groups is 1. The number of hydrogen-bond acceptors (Lipinski definition) is 4. The monoisotopic (exact) mass is 251 g/mol. The summed E-state index contributed by atoms with van der Waals surface area (Å²) in [7, 11) is 0. The molecule has 5 nitrogen and oxygen atoms in total. The number of hydrogen-bond donors (Lipinski definition) is 2. The summed E-state index contributed by atoms with van der Waals surface area (Å²) >= 11 is 0. The first-order chi connectivity index (χ1) is 8.56. The lowest BCUT2D eigenvalue weighted by atomic mass is 10.1. The van der Waals surface area contributed by atoms with Crippen molar-refractivity contribution in [1.82, 2.24) is 5.32 Å². The molecule has 1 amide bonds. The van der Waals surface area contributed by atoms with Crippen LogP contribution >= 0.6 is 0 Å². The Balaban J connectivity index is 2.57. The molecule has 5 heteroatoms. The zero-order chi connectivity index (χ0) is 13.5. The van der Waals surface area contributed by atoms with Gasteiger partial charge < -0.3 is 15.2 Å². The van der Waals surface area contributed by atoms with Crippen LogP contribution in [0.3, 0.4) is 0 Å². The highest BCUT2D eigenvalue weighted by atomic mass is 16.5. The van der Waals surface area contributed by atoms with Crippen LogP contribution < -0.4 is 5.32 Å². The summed E-state index contributed by atoms with van der Waals surface area (Å²) in [5.41, 5.74) is 0.473. The van der Waals surface area contributed by atoms with Crippen LogP contribution in [0.5, 0.6) is 0 Å². The van der Waals surface area contributed by atoms with E-state index in [1.165, 1.54) is 0 Å². The zero-order valence-electron chi connectivity index (χ0n) is 10.4. The van der Waals surface area contributed by atoms with Crippen molar-refractivity contribution in [2.45, 2.75) is 26.0 Å². The maximum Gasteiger partial charge on any atom is 0.337 e. The van der Waals surface area contributed by atoms with Gasteiger partial charge in [-0.15, -0.1) is 0 Å². The minimum absolute atomic E-state index is 0.190. The molecule has 0 fully saturated rings. The average molecular weight is 251 g/mol. The Labute approximate surface area is 106 Å². The van der Waals surface area contributed by atoms with E-state index in [1.807, 2.05) is 0 Å². The number of ether oxygens (including phenoxy) is 1. The van der Waals surface area contributed by atoms with Crippen molar-refractivity contribution >= 4 is 11.9 Å². The van der Waals surface area contributed by atoms with Crippen LogP contribution in [0.15, 0.2) is 30.3 Å². The quantitative estimate of drug-likeness (QED) is 0.756. The fourth-order valence-corrected chi connectivity index (χ4v) is 1.39. The van der Waals surface area contributed by atoms with E-state index in [4.69, 9.17) is 0 Å². The predicted octanol–water partition coefficient (Wildman–Crippen LogP) is 0.729. The van der Waals surface area contributed by atoms with Gasteiger partial charge in [0.15, 0.2) is 6.10 Å². The third kappa shape index (κ3) is 3.85. The van der Waals surface area contributed by atoms with Crippen molar-refractivity contribution in [3.8, 4) is 0 Å². The van der Waals surface area contributed by atoms with Gasteiger partial charge in [-0.1, -0.05) is 18.2 Å². The highest BCUT2D eigenvalue weighted by Gasteiger charge is 2.25. The van der Waals surface area contributed by atoms with Gasteiger partial charge in [0.05, 0.1) is 12.6 Å². The first-order valence-electron chi connectivity index (χ1n) is 5.77. The molecule has 0 saturated heterocycles. The van der Waals surface area contributed by atoms with E-state index in [0.29, 0.717) is 5.56 Å². The Hall–Kier alpha value is -1.88. The Morgan fingerprint density at radius 2 is 1.94 bits per heavy atom. The lowest BCUT2D eigenvalue weighted by Crippen LogP contribution is -2.45. The minimum Gasteiger partial charge on any atom is -0.464 e. The fraction of sp³-hybridized carbons (Fsp3) is 0.385. The summed E-state index contributed by atoms with van der Waals surface area (Å²) in [4.78, 5) is 23.0. The number of carbonyl (C=O) groups is 2. The summed E-state index contributed by atoms with van der Waals surface area (Å²) < 4.78 is 4.67. The molecule has 18 heavy (non-hydrogen) atoms. The molecule has 1 aromatic carbocycles. The molecule has 0 aromatic heterocycles. The SMILES string of the molecule is CCOC(=O)C(O)C(C)NC(=O)c1ccccc1. The van der Waals surface area contributed by atoms with Gasteiger partial charge in [-0.3, -0.25) is 4.79 Å². The maximum atomic E-state index is 11.8. The minimum atomic E-state index is -1.36. The van der Waals surface area contributed by atoms with Crippen LogP contribution in [0.2, 0.25) is 0 Å². The van der Waals surface area contributed by atoms with E-state index in [1.54, 1.807) is 44.2 Å².